The highest BCUT2D eigenvalue weighted by molar-refractivity contribution is 5.90. The van der Waals surface area contributed by atoms with Gasteiger partial charge in [-0.05, 0) is 30.7 Å². The largest absolute Gasteiger partial charge is 0.421 e. The van der Waals surface area contributed by atoms with Gasteiger partial charge in [-0.25, -0.2) is 13.6 Å². The van der Waals surface area contributed by atoms with Gasteiger partial charge < -0.3 is 20.4 Å². The molecule has 9 nitrogen and oxygen atoms in total. The summed E-state index contributed by atoms with van der Waals surface area (Å²) in [4.78, 5) is 26.8. The molecule has 2 fully saturated rings. The van der Waals surface area contributed by atoms with Gasteiger partial charge >= 0.3 is 6.03 Å². The number of anilines is 1. The summed E-state index contributed by atoms with van der Waals surface area (Å²) >= 11 is 0. The predicted molar refractivity (Wildman–Crippen MR) is 118 cm³/mol. The van der Waals surface area contributed by atoms with E-state index in [1.807, 2.05) is 35.2 Å². The molecule has 3 amide bonds. The molecule has 3 aromatic rings. The molecule has 176 valence electrons. The van der Waals surface area contributed by atoms with Crippen molar-refractivity contribution in [2.24, 2.45) is 0 Å². The second-order valence-corrected chi connectivity index (χ2v) is 8.34. The van der Waals surface area contributed by atoms with Crippen LogP contribution in [0.15, 0.2) is 52.9 Å². The third kappa shape index (κ3) is 4.60. The Kier molecular flexibility index (Phi) is 5.93. The lowest BCUT2D eigenvalue weighted by atomic mass is 10.1. The standard InChI is InChI=1S/C23H22F2N6O3/c24-14-6-7-18(17(25)8-14)28-23(33)27-15-9-19-21(32)26-11-16(31(19)12-15)10-20-29-30-22(34-20)13-4-2-1-3-5-13/h1-8,15-16,19H,9-12H2,(H,26,32)(H2,27,28,33)/t15-,16+,19-/m0/s1. The normalized spacial score (nSPS) is 22.2. The Labute approximate surface area is 193 Å². The Hall–Kier alpha value is -3.86. The molecule has 1 aromatic heterocycles. The zero-order valence-corrected chi connectivity index (χ0v) is 18.0. The first-order chi connectivity index (χ1) is 16.5. The van der Waals surface area contributed by atoms with E-state index in [0.29, 0.717) is 43.8 Å². The van der Waals surface area contributed by atoms with Gasteiger partial charge in [0, 0.05) is 43.2 Å². The fourth-order valence-electron chi connectivity index (χ4n) is 4.44. The molecule has 11 heteroatoms. The molecule has 2 aromatic carbocycles. The lowest BCUT2D eigenvalue weighted by Gasteiger charge is -2.36. The minimum Gasteiger partial charge on any atom is -0.421 e. The van der Waals surface area contributed by atoms with Gasteiger partial charge in [-0.1, -0.05) is 18.2 Å². The molecule has 3 atom stereocenters. The molecule has 0 spiro atoms. The summed E-state index contributed by atoms with van der Waals surface area (Å²) in [6, 6.07) is 10.9. The van der Waals surface area contributed by atoms with Crippen molar-refractivity contribution in [1.82, 2.24) is 25.7 Å². The summed E-state index contributed by atoms with van der Waals surface area (Å²) in [6.45, 7) is 0.847. The highest BCUT2D eigenvalue weighted by Gasteiger charge is 2.44. The zero-order valence-electron chi connectivity index (χ0n) is 18.0. The highest BCUT2D eigenvalue weighted by atomic mass is 19.1. The fourth-order valence-corrected chi connectivity index (χ4v) is 4.44. The number of carbonyl (C=O) groups is 2. The molecule has 3 heterocycles. The van der Waals surface area contributed by atoms with Gasteiger partial charge in [0.05, 0.1) is 11.7 Å². The number of rotatable bonds is 5. The second kappa shape index (κ2) is 9.18. The molecule has 0 unspecified atom stereocenters. The Bertz CT molecular complexity index is 1200. The van der Waals surface area contributed by atoms with Crippen molar-refractivity contribution in [3.8, 4) is 11.5 Å². The molecule has 34 heavy (non-hydrogen) atoms. The summed E-state index contributed by atoms with van der Waals surface area (Å²) in [5.41, 5.74) is 0.695. The Morgan fingerprint density at radius 1 is 1.18 bits per heavy atom. The van der Waals surface area contributed by atoms with Crippen molar-refractivity contribution < 1.29 is 22.8 Å². The third-order valence-electron chi connectivity index (χ3n) is 6.04. The van der Waals surface area contributed by atoms with Gasteiger partial charge in [0.25, 0.3) is 0 Å². The van der Waals surface area contributed by atoms with Crippen LogP contribution in [0.25, 0.3) is 11.5 Å². The first kappa shape index (κ1) is 22.0. The van der Waals surface area contributed by atoms with Gasteiger partial charge in [0.15, 0.2) is 0 Å². The number of piperazine rings is 1. The number of halogens is 2. The van der Waals surface area contributed by atoms with Crippen molar-refractivity contribution in [2.45, 2.75) is 31.0 Å². The summed E-state index contributed by atoms with van der Waals surface area (Å²) in [5.74, 6) is -0.823. The van der Waals surface area contributed by atoms with Gasteiger partial charge in [-0.15, -0.1) is 10.2 Å². The van der Waals surface area contributed by atoms with Crippen LogP contribution in [0.4, 0.5) is 19.3 Å². The van der Waals surface area contributed by atoms with E-state index >= 15 is 0 Å². The lowest BCUT2D eigenvalue weighted by Crippen LogP contribution is -2.58. The second-order valence-electron chi connectivity index (χ2n) is 8.34. The SMILES string of the molecule is O=C(Nc1ccc(F)cc1F)N[C@H]1C[C@H]2C(=O)NC[C@@H](Cc3nnc(-c4ccccc4)o3)N2C1. The zero-order chi connectivity index (χ0) is 23.7. The van der Waals surface area contributed by atoms with Gasteiger partial charge in [-0.2, -0.15) is 0 Å². The third-order valence-corrected chi connectivity index (χ3v) is 6.04. The van der Waals surface area contributed by atoms with E-state index in [-0.39, 0.29) is 23.7 Å². The molecule has 3 N–H and O–H groups in total. The van der Waals surface area contributed by atoms with Crippen LogP contribution in [0.1, 0.15) is 12.3 Å². The summed E-state index contributed by atoms with van der Waals surface area (Å²) in [7, 11) is 0. The number of hydrogen-bond donors (Lipinski definition) is 3. The van der Waals surface area contributed by atoms with Gasteiger partial charge in [-0.3, -0.25) is 9.69 Å². The molecule has 0 saturated carbocycles. The molecular formula is C23H22F2N6O3. The summed E-state index contributed by atoms with van der Waals surface area (Å²) in [6.07, 6.45) is 0.844. The van der Waals surface area contributed by atoms with Crippen LogP contribution in [0.3, 0.4) is 0 Å². The van der Waals surface area contributed by atoms with Crippen LogP contribution in [-0.2, 0) is 11.2 Å². The Morgan fingerprint density at radius 2 is 2.00 bits per heavy atom. The molecule has 0 radical (unpaired) electrons. The first-order valence-electron chi connectivity index (χ1n) is 10.9. The van der Waals surface area contributed by atoms with Crippen LogP contribution >= 0.6 is 0 Å². The van der Waals surface area contributed by atoms with E-state index in [4.69, 9.17) is 4.42 Å². The van der Waals surface area contributed by atoms with Crippen molar-refractivity contribution in [1.29, 1.82) is 0 Å². The van der Waals surface area contributed by atoms with Crippen molar-refractivity contribution >= 4 is 17.6 Å². The van der Waals surface area contributed by atoms with Crippen molar-refractivity contribution in [3.05, 3.63) is 66.1 Å². The smallest absolute Gasteiger partial charge is 0.319 e. The molecular weight excluding hydrogens is 446 g/mol. The maximum atomic E-state index is 13.8. The monoisotopic (exact) mass is 468 g/mol. The molecule has 2 aliphatic rings. The van der Waals surface area contributed by atoms with Crippen LogP contribution in [-0.4, -0.2) is 58.3 Å². The van der Waals surface area contributed by atoms with E-state index in [1.54, 1.807) is 0 Å². The maximum absolute atomic E-state index is 13.8. The predicted octanol–water partition coefficient (Wildman–Crippen LogP) is 2.32. The number of amides is 3. The van der Waals surface area contributed by atoms with Gasteiger partial charge in [0.2, 0.25) is 17.7 Å². The van der Waals surface area contributed by atoms with E-state index < -0.39 is 23.7 Å². The Balaban J connectivity index is 1.22. The van der Waals surface area contributed by atoms with Crippen molar-refractivity contribution in [3.63, 3.8) is 0 Å². The quantitative estimate of drug-likeness (QED) is 0.530. The van der Waals surface area contributed by atoms with Gasteiger partial charge in [0.1, 0.15) is 11.6 Å². The Morgan fingerprint density at radius 3 is 2.79 bits per heavy atom. The fraction of sp³-hybridized carbons (Fsp3) is 0.304. The van der Waals surface area contributed by atoms with E-state index in [9.17, 15) is 18.4 Å². The maximum Gasteiger partial charge on any atom is 0.319 e. The highest BCUT2D eigenvalue weighted by Crippen LogP contribution is 2.26. The lowest BCUT2D eigenvalue weighted by molar-refractivity contribution is -0.129. The number of nitrogens with one attached hydrogen (secondary N) is 3. The van der Waals surface area contributed by atoms with Crippen molar-refractivity contribution in [2.75, 3.05) is 18.4 Å². The van der Waals surface area contributed by atoms with Crippen LogP contribution in [0.5, 0.6) is 0 Å². The average molecular weight is 468 g/mol. The molecule has 5 rings (SSSR count). The molecule has 2 aliphatic heterocycles. The van der Waals surface area contributed by atoms with E-state index in [0.717, 1.165) is 17.7 Å². The number of hydrogen-bond acceptors (Lipinski definition) is 6. The number of nitrogens with zero attached hydrogens (tertiary/aromatic N) is 3. The number of carbonyl (C=O) groups excluding carboxylic acids is 2. The minimum absolute atomic E-state index is 0.0869. The number of urea groups is 1. The van der Waals surface area contributed by atoms with E-state index in [2.05, 4.69) is 26.1 Å². The molecule has 0 aliphatic carbocycles. The first-order valence-corrected chi connectivity index (χ1v) is 10.9. The molecule has 2 saturated heterocycles. The van der Waals surface area contributed by atoms with Crippen LogP contribution in [0, 0.1) is 11.6 Å². The summed E-state index contributed by atoms with van der Waals surface area (Å²) < 4.78 is 32.7. The molecule has 0 bridgehead atoms. The summed E-state index contributed by atoms with van der Waals surface area (Å²) in [5, 5.41) is 16.3. The number of fused-ring (bicyclic) bond motifs is 1. The van der Waals surface area contributed by atoms with Crippen LogP contribution < -0.4 is 16.0 Å². The van der Waals surface area contributed by atoms with Crippen LogP contribution in [0.2, 0.25) is 0 Å². The van der Waals surface area contributed by atoms with E-state index in [1.165, 1.54) is 0 Å². The average Bonchev–Trinajstić information content (AvgIpc) is 3.46. The number of aromatic nitrogens is 2. The minimum atomic E-state index is -0.868. The topological polar surface area (TPSA) is 112 Å². The number of benzene rings is 2.